The van der Waals surface area contributed by atoms with Crippen LogP contribution < -0.4 is 10.7 Å². The van der Waals surface area contributed by atoms with Gasteiger partial charge in [0, 0.05) is 49.1 Å². The number of aromatic amines is 1. The molecular formula is C27H36N6O3. The second-order valence-corrected chi connectivity index (χ2v) is 11.5. The number of nitrogens with one attached hydrogen (secondary N) is 3. The molecule has 0 atom stereocenters. The molecule has 0 unspecified atom stereocenters. The molecule has 2 aromatic rings. The minimum absolute atomic E-state index is 0.0450. The highest BCUT2D eigenvalue weighted by atomic mass is 16.2. The van der Waals surface area contributed by atoms with Crippen molar-refractivity contribution in [2.45, 2.75) is 65.3 Å². The van der Waals surface area contributed by atoms with Crippen LogP contribution in [0.25, 0.3) is 10.9 Å². The van der Waals surface area contributed by atoms with Crippen LogP contribution in [0.4, 0.5) is 0 Å². The van der Waals surface area contributed by atoms with E-state index in [1.807, 2.05) is 11.8 Å². The quantitative estimate of drug-likeness (QED) is 0.605. The number of hydrogen-bond donors (Lipinski definition) is 3. The Balaban J connectivity index is 1.27. The molecule has 9 nitrogen and oxygen atoms in total. The van der Waals surface area contributed by atoms with Gasteiger partial charge in [0.1, 0.15) is 0 Å². The number of amides is 2. The Labute approximate surface area is 211 Å². The predicted molar refractivity (Wildman–Crippen MR) is 137 cm³/mol. The van der Waals surface area contributed by atoms with Crippen LogP contribution in [0.15, 0.2) is 29.5 Å². The van der Waals surface area contributed by atoms with E-state index in [9.17, 15) is 14.4 Å². The van der Waals surface area contributed by atoms with Gasteiger partial charge in [-0.15, -0.1) is 0 Å². The van der Waals surface area contributed by atoms with Crippen molar-refractivity contribution in [3.8, 4) is 0 Å². The van der Waals surface area contributed by atoms with Gasteiger partial charge in [-0.2, -0.15) is 5.10 Å². The van der Waals surface area contributed by atoms with Crippen LogP contribution in [0.2, 0.25) is 0 Å². The molecule has 2 amide bonds. The second-order valence-electron chi connectivity index (χ2n) is 11.5. The number of rotatable bonds is 4. The van der Waals surface area contributed by atoms with Gasteiger partial charge in [0.25, 0.3) is 11.8 Å². The summed E-state index contributed by atoms with van der Waals surface area (Å²) < 4.78 is 0. The molecule has 3 heterocycles. The Morgan fingerprint density at radius 3 is 2.61 bits per heavy atom. The van der Waals surface area contributed by atoms with Crippen LogP contribution in [0.3, 0.4) is 0 Å². The number of benzene rings is 1. The SMILES string of the molecule is CCCNC(=O)c1n[nH]c2ccc(C(=O)N3CCC4(CC3)CC(=O)C3=C(CN(C(C)(C)C)N3)C4)cc12. The van der Waals surface area contributed by atoms with Gasteiger partial charge in [0.05, 0.1) is 11.2 Å². The molecule has 3 N–H and O–H groups in total. The van der Waals surface area contributed by atoms with E-state index in [2.05, 4.69) is 46.7 Å². The predicted octanol–water partition coefficient (Wildman–Crippen LogP) is 3.16. The fraction of sp³-hybridized carbons (Fsp3) is 0.556. The molecule has 3 aliphatic rings. The summed E-state index contributed by atoms with van der Waals surface area (Å²) in [6.45, 7) is 11.0. The number of allylic oxidation sites excluding steroid dienone is 1. The molecule has 1 aromatic heterocycles. The zero-order chi connectivity index (χ0) is 25.7. The third kappa shape index (κ3) is 4.40. The lowest BCUT2D eigenvalue weighted by atomic mass is 9.67. The van der Waals surface area contributed by atoms with Gasteiger partial charge < -0.3 is 15.6 Å². The van der Waals surface area contributed by atoms with Gasteiger partial charge in [-0.3, -0.25) is 19.5 Å². The topological polar surface area (TPSA) is 110 Å². The molecule has 1 saturated heterocycles. The summed E-state index contributed by atoms with van der Waals surface area (Å²) in [7, 11) is 0. The number of fused-ring (bicyclic) bond motifs is 1. The maximum absolute atomic E-state index is 13.4. The lowest BCUT2D eigenvalue weighted by Crippen LogP contribution is -2.47. The molecule has 5 rings (SSSR count). The monoisotopic (exact) mass is 492 g/mol. The van der Waals surface area contributed by atoms with E-state index >= 15 is 0 Å². The lowest BCUT2D eigenvalue weighted by molar-refractivity contribution is -0.120. The molecule has 1 aromatic carbocycles. The summed E-state index contributed by atoms with van der Waals surface area (Å²) in [6, 6.07) is 5.35. The van der Waals surface area contributed by atoms with Crippen molar-refractivity contribution in [2.24, 2.45) is 5.41 Å². The summed E-state index contributed by atoms with van der Waals surface area (Å²) in [5, 5.41) is 12.7. The number of carbonyl (C=O) groups is 3. The number of nitrogens with zero attached hydrogens (tertiary/aromatic N) is 3. The molecule has 0 saturated carbocycles. The van der Waals surface area contributed by atoms with Gasteiger partial charge in [0.15, 0.2) is 11.5 Å². The first-order chi connectivity index (χ1) is 17.1. The first-order valence-electron chi connectivity index (χ1n) is 13.0. The van der Waals surface area contributed by atoms with Crippen molar-refractivity contribution >= 4 is 28.5 Å². The Morgan fingerprint density at radius 1 is 1.17 bits per heavy atom. The van der Waals surface area contributed by atoms with Crippen molar-refractivity contribution in [1.29, 1.82) is 0 Å². The van der Waals surface area contributed by atoms with Crippen LogP contribution in [0.5, 0.6) is 0 Å². The van der Waals surface area contributed by atoms with Crippen LogP contribution in [0.1, 0.15) is 80.6 Å². The first-order valence-corrected chi connectivity index (χ1v) is 13.0. The Hall–Kier alpha value is -3.20. The van der Waals surface area contributed by atoms with Gasteiger partial charge >= 0.3 is 0 Å². The summed E-state index contributed by atoms with van der Waals surface area (Å²) in [5.74, 6) is -0.0897. The van der Waals surface area contributed by atoms with Gasteiger partial charge in [-0.05, 0) is 75.6 Å². The highest BCUT2D eigenvalue weighted by Crippen LogP contribution is 2.47. The minimum Gasteiger partial charge on any atom is -0.351 e. The maximum atomic E-state index is 13.4. The van der Waals surface area contributed by atoms with E-state index in [0.717, 1.165) is 43.4 Å². The Morgan fingerprint density at radius 2 is 1.92 bits per heavy atom. The zero-order valence-electron chi connectivity index (χ0n) is 21.7. The molecular weight excluding hydrogens is 456 g/mol. The van der Waals surface area contributed by atoms with E-state index < -0.39 is 0 Å². The summed E-state index contributed by atoms with van der Waals surface area (Å²) in [4.78, 5) is 40.8. The molecule has 0 bridgehead atoms. The number of hydrogen-bond acceptors (Lipinski definition) is 6. The van der Waals surface area contributed by atoms with Gasteiger partial charge in [-0.1, -0.05) is 6.92 Å². The highest BCUT2D eigenvalue weighted by molar-refractivity contribution is 6.07. The summed E-state index contributed by atoms with van der Waals surface area (Å²) in [5.41, 5.74) is 6.81. The number of Topliss-reactive ketones (excluding diaryl/α,β-unsaturated/α-hetero) is 1. The molecule has 2 aliphatic heterocycles. The number of ketones is 1. The second kappa shape index (κ2) is 9.03. The van der Waals surface area contributed by atoms with Crippen LogP contribution in [-0.4, -0.2) is 69.4 Å². The molecule has 1 fully saturated rings. The number of hydrazine groups is 1. The normalized spacial score (nSPS) is 20.1. The van der Waals surface area contributed by atoms with Gasteiger partial charge in [0.2, 0.25) is 0 Å². The average Bonchev–Trinajstić information content (AvgIpc) is 3.47. The Bertz CT molecular complexity index is 1250. The van der Waals surface area contributed by atoms with Gasteiger partial charge in [-0.25, -0.2) is 5.01 Å². The molecule has 1 spiro atoms. The average molecular weight is 493 g/mol. The lowest BCUT2D eigenvalue weighted by Gasteiger charge is -2.43. The largest absolute Gasteiger partial charge is 0.351 e. The van der Waals surface area contributed by atoms with E-state index in [4.69, 9.17) is 0 Å². The van der Waals surface area contributed by atoms with Crippen LogP contribution in [0, 0.1) is 5.41 Å². The molecule has 192 valence electrons. The summed E-state index contributed by atoms with van der Waals surface area (Å²) in [6.07, 6.45) is 3.91. The van der Waals surface area contributed by atoms with E-state index in [1.165, 1.54) is 5.57 Å². The summed E-state index contributed by atoms with van der Waals surface area (Å²) >= 11 is 0. The van der Waals surface area contributed by atoms with Crippen molar-refractivity contribution in [3.63, 3.8) is 0 Å². The minimum atomic E-state index is -0.241. The first kappa shape index (κ1) is 24.5. The van der Waals surface area contributed by atoms with Crippen LogP contribution in [-0.2, 0) is 4.79 Å². The highest BCUT2D eigenvalue weighted by Gasteiger charge is 2.46. The number of carbonyl (C=O) groups excluding carboxylic acids is 3. The number of likely N-dealkylation sites (tertiary alicyclic amines) is 1. The standard InChI is InChI=1S/C27H36N6O3/c1-5-10-28-24(35)23-19-13-17(6-7-20(19)29-30-23)25(36)32-11-8-27(9-12-32)14-18-16-33(26(2,3)4)31-22(18)21(34)15-27/h6-7,13,31H,5,8-12,14-16H2,1-4H3,(H,28,35)(H,29,30). The van der Waals surface area contributed by atoms with Crippen LogP contribution >= 0.6 is 0 Å². The molecule has 9 heteroatoms. The zero-order valence-corrected chi connectivity index (χ0v) is 21.7. The Kier molecular flexibility index (Phi) is 6.14. The fourth-order valence-corrected chi connectivity index (χ4v) is 5.64. The van der Waals surface area contributed by atoms with E-state index in [-0.39, 0.29) is 28.6 Å². The van der Waals surface area contributed by atoms with Crippen molar-refractivity contribution in [3.05, 3.63) is 40.7 Å². The maximum Gasteiger partial charge on any atom is 0.272 e. The molecule has 1 aliphatic carbocycles. The van der Waals surface area contributed by atoms with Crippen molar-refractivity contribution in [1.82, 2.24) is 30.8 Å². The van der Waals surface area contributed by atoms with E-state index in [0.29, 0.717) is 42.7 Å². The molecule has 0 radical (unpaired) electrons. The number of aromatic nitrogens is 2. The molecule has 36 heavy (non-hydrogen) atoms. The third-order valence-electron chi connectivity index (χ3n) is 7.83. The fourth-order valence-electron chi connectivity index (χ4n) is 5.64. The van der Waals surface area contributed by atoms with E-state index in [1.54, 1.807) is 18.2 Å². The van der Waals surface area contributed by atoms with Crippen molar-refractivity contribution in [2.75, 3.05) is 26.2 Å². The number of H-pyrrole nitrogens is 1. The van der Waals surface area contributed by atoms with Crippen molar-refractivity contribution < 1.29 is 14.4 Å². The third-order valence-corrected chi connectivity index (χ3v) is 7.83. The smallest absolute Gasteiger partial charge is 0.272 e. The number of piperidine rings is 1.